The van der Waals surface area contributed by atoms with Crippen LogP contribution in [0.3, 0.4) is 0 Å². The summed E-state index contributed by atoms with van der Waals surface area (Å²) in [5, 5.41) is 0. The Morgan fingerprint density at radius 1 is 1.11 bits per heavy atom. The molecule has 0 amide bonds. The summed E-state index contributed by atoms with van der Waals surface area (Å²) in [5.74, 6) is -1.22. The Bertz CT molecular complexity index is 920. The molecule has 0 radical (unpaired) electrons. The van der Waals surface area contributed by atoms with E-state index in [2.05, 4.69) is 4.18 Å². The Balaban J connectivity index is 2.50. The molecule has 2 rings (SSSR count). The summed E-state index contributed by atoms with van der Waals surface area (Å²) in [6.07, 6.45) is 1.45. The third kappa shape index (κ3) is 4.57. The molecule has 1 heterocycles. The van der Waals surface area contributed by atoms with Gasteiger partial charge >= 0.3 is 15.6 Å². The molecule has 27 heavy (non-hydrogen) atoms. The molecule has 6 nitrogen and oxygen atoms in total. The van der Waals surface area contributed by atoms with Crippen LogP contribution in [0.5, 0.6) is 0 Å². The number of benzene rings is 1. The van der Waals surface area contributed by atoms with Crippen LogP contribution in [0, 0.1) is 18.8 Å². The largest absolute Gasteiger partial charge is 0.534 e. The third-order valence-corrected chi connectivity index (χ3v) is 6.98. The molecule has 11 heteroatoms. The summed E-state index contributed by atoms with van der Waals surface area (Å²) >= 11 is 0. The number of allylic oxidation sites excluding steroid dienone is 1. The standard InChI is InChI=1S/C16H20F3NO5S2/c1-11(2)13-8-9-20(15(10-13)25-27(23,24)16(17,18)19)26(21,22)14-6-4-12(3)5-7-14/h4-7,10-11,13H,8-9H2,1-3H3. The van der Waals surface area contributed by atoms with Gasteiger partial charge in [-0.25, -0.2) is 12.7 Å². The molecule has 0 aliphatic carbocycles. The maximum atomic E-state index is 12.9. The van der Waals surface area contributed by atoms with Gasteiger partial charge in [0.1, 0.15) is 0 Å². The normalized spacial score (nSPS) is 19.1. The molecule has 1 aromatic carbocycles. The molecule has 1 aliphatic rings. The Labute approximate surface area is 156 Å². The van der Waals surface area contributed by atoms with Gasteiger partial charge in [0.15, 0.2) is 0 Å². The zero-order valence-electron chi connectivity index (χ0n) is 14.9. The van der Waals surface area contributed by atoms with Crippen molar-refractivity contribution in [2.45, 2.75) is 37.6 Å². The highest BCUT2D eigenvalue weighted by Gasteiger charge is 2.50. The molecule has 0 aromatic heterocycles. The van der Waals surface area contributed by atoms with Crippen LogP contribution in [0.2, 0.25) is 0 Å². The van der Waals surface area contributed by atoms with E-state index in [0.717, 1.165) is 11.6 Å². The lowest BCUT2D eigenvalue weighted by Gasteiger charge is -2.33. The minimum absolute atomic E-state index is 0.0404. The second-order valence-electron chi connectivity index (χ2n) is 6.57. The zero-order valence-corrected chi connectivity index (χ0v) is 16.5. The average molecular weight is 427 g/mol. The lowest BCUT2D eigenvalue weighted by atomic mass is 9.91. The van der Waals surface area contributed by atoms with Gasteiger partial charge in [0.2, 0.25) is 5.88 Å². The molecule has 0 spiro atoms. The Hall–Kier alpha value is -1.75. The van der Waals surface area contributed by atoms with E-state index in [1.165, 1.54) is 24.3 Å². The molecule has 0 bridgehead atoms. The van der Waals surface area contributed by atoms with Crippen molar-refractivity contribution in [3.05, 3.63) is 41.8 Å². The van der Waals surface area contributed by atoms with Crippen LogP contribution in [0.15, 0.2) is 41.1 Å². The predicted molar refractivity (Wildman–Crippen MR) is 92.2 cm³/mol. The number of sulfonamides is 1. The average Bonchev–Trinajstić information content (AvgIpc) is 2.53. The van der Waals surface area contributed by atoms with Crippen molar-refractivity contribution in [3.63, 3.8) is 0 Å². The molecule has 0 saturated heterocycles. The minimum Gasteiger partial charge on any atom is -0.357 e. The summed E-state index contributed by atoms with van der Waals surface area (Å²) in [5.41, 5.74) is -4.88. The van der Waals surface area contributed by atoms with E-state index >= 15 is 0 Å². The van der Waals surface area contributed by atoms with Crippen LogP contribution in [0.4, 0.5) is 13.2 Å². The van der Waals surface area contributed by atoms with Gasteiger partial charge in [-0.15, -0.1) is 0 Å². The van der Waals surface area contributed by atoms with Crippen molar-refractivity contribution in [3.8, 4) is 0 Å². The lowest BCUT2D eigenvalue weighted by Crippen LogP contribution is -2.39. The zero-order chi connectivity index (χ0) is 20.6. The second-order valence-corrected chi connectivity index (χ2v) is 9.98. The van der Waals surface area contributed by atoms with Crippen molar-refractivity contribution in [2.75, 3.05) is 6.54 Å². The minimum atomic E-state index is -6.00. The number of aryl methyl sites for hydroxylation is 1. The summed E-state index contributed by atoms with van der Waals surface area (Å²) < 4.78 is 91.6. The molecule has 0 saturated carbocycles. The summed E-state index contributed by atoms with van der Waals surface area (Å²) in [4.78, 5) is -0.171. The smallest absolute Gasteiger partial charge is 0.357 e. The number of nitrogens with zero attached hydrogens (tertiary/aromatic N) is 1. The van der Waals surface area contributed by atoms with E-state index in [4.69, 9.17) is 0 Å². The molecule has 152 valence electrons. The van der Waals surface area contributed by atoms with Crippen LogP contribution in [-0.2, 0) is 24.3 Å². The van der Waals surface area contributed by atoms with Crippen molar-refractivity contribution in [1.29, 1.82) is 0 Å². The fraction of sp³-hybridized carbons (Fsp3) is 0.500. The lowest BCUT2D eigenvalue weighted by molar-refractivity contribution is -0.0533. The maximum absolute atomic E-state index is 12.9. The van der Waals surface area contributed by atoms with E-state index < -0.39 is 31.5 Å². The van der Waals surface area contributed by atoms with E-state index in [1.807, 2.05) is 0 Å². The monoisotopic (exact) mass is 427 g/mol. The topological polar surface area (TPSA) is 80.8 Å². The number of alkyl halides is 3. The molecule has 0 fully saturated rings. The highest BCUT2D eigenvalue weighted by atomic mass is 32.2. The number of hydrogen-bond acceptors (Lipinski definition) is 5. The van der Waals surface area contributed by atoms with Crippen molar-refractivity contribution in [1.82, 2.24) is 4.31 Å². The van der Waals surface area contributed by atoms with Gasteiger partial charge in [-0.1, -0.05) is 31.5 Å². The van der Waals surface area contributed by atoms with Gasteiger partial charge in [-0.05, 0) is 43.4 Å². The van der Waals surface area contributed by atoms with Crippen LogP contribution < -0.4 is 0 Å². The molecule has 1 aromatic rings. The fourth-order valence-electron chi connectivity index (χ4n) is 2.56. The maximum Gasteiger partial charge on any atom is 0.534 e. The van der Waals surface area contributed by atoms with Gasteiger partial charge in [0.25, 0.3) is 10.0 Å². The van der Waals surface area contributed by atoms with Crippen LogP contribution in [0.25, 0.3) is 0 Å². The quantitative estimate of drug-likeness (QED) is 0.532. The third-order valence-electron chi connectivity index (χ3n) is 4.21. The van der Waals surface area contributed by atoms with Crippen molar-refractivity contribution < 1.29 is 34.2 Å². The van der Waals surface area contributed by atoms with Crippen molar-refractivity contribution in [2.24, 2.45) is 11.8 Å². The summed E-state index contributed by atoms with van der Waals surface area (Å²) in [6, 6.07) is 5.67. The molecule has 0 N–H and O–H groups in total. The first-order valence-electron chi connectivity index (χ1n) is 8.07. The SMILES string of the molecule is Cc1ccc(S(=O)(=O)N2CCC(C(C)C)C=C2OS(=O)(=O)C(F)(F)F)cc1. The summed E-state index contributed by atoms with van der Waals surface area (Å²) in [6.45, 7) is 5.13. The van der Waals surface area contributed by atoms with Crippen molar-refractivity contribution >= 4 is 20.1 Å². The molecule has 1 unspecified atom stereocenters. The molecular weight excluding hydrogens is 407 g/mol. The van der Waals surface area contributed by atoms with E-state index in [1.54, 1.807) is 20.8 Å². The van der Waals surface area contributed by atoms with E-state index in [9.17, 15) is 30.0 Å². The number of halogens is 3. The Kier molecular flexibility index (Phi) is 5.86. The predicted octanol–water partition coefficient (Wildman–Crippen LogP) is 3.37. The second kappa shape index (κ2) is 7.34. The first kappa shape index (κ1) is 21.5. The first-order valence-corrected chi connectivity index (χ1v) is 10.9. The Morgan fingerprint density at radius 2 is 1.67 bits per heavy atom. The first-order chi connectivity index (χ1) is 12.3. The summed E-state index contributed by atoms with van der Waals surface area (Å²) in [7, 11) is -10.3. The Morgan fingerprint density at radius 3 is 2.15 bits per heavy atom. The molecular formula is C16H20F3NO5S2. The van der Waals surface area contributed by atoms with Gasteiger partial charge in [0, 0.05) is 6.54 Å². The van der Waals surface area contributed by atoms with E-state index in [0.29, 0.717) is 10.7 Å². The number of hydrogen-bond donors (Lipinski definition) is 0. The van der Waals surface area contributed by atoms with Crippen LogP contribution in [0.1, 0.15) is 25.8 Å². The highest BCUT2D eigenvalue weighted by Crippen LogP contribution is 2.34. The van der Waals surface area contributed by atoms with E-state index in [-0.39, 0.29) is 23.3 Å². The van der Waals surface area contributed by atoms with Gasteiger partial charge < -0.3 is 4.18 Å². The van der Waals surface area contributed by atoms with Crippen LogP contribution >= 0.6 is 0 Å². The number of rotatable bonds is 5. The van der Waals surface area contributed by atoms with Crippen LogP contribution in [-0.4, -0.2) is 33.2 Å². The molecule has 1 aliphatic heterocycles. The molecule has 1 atom stereocenters. The van der Waals surface area contributed by atoms with Gasteiger partial charge in [0.05, 0.1) is 4.90 Å². The highest BCUT2D eigenvalue weighted by molar-refractivity contribution is 7.89. The van der Waals surface area contributed by atoms with Gasteiger partial charge in [-0.3, -0.25) is 0 Å². The fourth-order valence-corrected chi connectivity index (χ4v) is 4.48. The van der Waals surface area contributed by atoms with Gasteiger partial charge in [-0.2, -0.15) is 21.6 Å².